The highest BCUT2D eigenvalue weighted by atomic mass is 16.1. The number of nitrogens with zero attached hydrogens (tertiary/aromatic N) is 3. The predicted molar refractivity (Wildman–Crippen MR) is 96.1 cm³/mol. The summed E-state index contributed by atoms with van der Waals surface area (Å²) in [6.45, 7) is 8.13. The number of likely N-dealkylation sites (tertiary alicyclic amines) is 1. The third kappa shape index (κ3) is 4.03. The minimum atomic E-state index is -0.123. The van der Waals surface area contributed by atoms with Crippen molar-refractivity contribution in [3.63, 3.8) is 0 Å². The van der Waals surface area contributed by atoms with Gasteiger partial charge in [-0.3, -0.25) is 9.48 Å². The van der Waals surface area contributed by atoms with E-state index in [9.17, 15) is 4.79 Å². The zero-order valence-electron chi connectivity index (χ0n) is 14.7. The lowest BCUT2D eigenvalue weighted by molar-refractivity contribution is 0.102. The van der Waals surface area contributed by atoms with Crippen molar-refractivity contribution in [2.45, 2.75) is 20.3 Å². The number of aryl methyl sites for hydroxylation is 1. The van der Waals surface area contributed by atoms with Crippen LogP contribution in [0.25, 0.3) is 0 Å². The first-order valence-corrected chi connectivity index (χ1v) is 8.62. The van der Waals surface area contributed by atoms with Gasteiger partial charge in [0.15, 0.2) is 0 Å². The van der Waals surface area contributed by atoms with Gasteiger partial charge in [0.1, 0.15) is 0 Å². The van der Waals surface area contributed by atoms with Crippen molar-refractivity contribution in [1.82, 2.24) is 14.7 Å². The van der Waals surface area contributed by atoms with E-state index in [2.05, 4.69) is 41.3 Å². The summed E-state index contributed by atoms with van der Waals surface area (Å²) in [6, 6.07) is 8.13. The van der Waals surface area contributed by atoms with Crippen LogP contribution in [0.2, 0.25) is 0 Å². The third-order valence-corrected chi connectivity index (χ3v) is 4.93. The van der Waals surface area contributed by atoms with Crippen LogP contribution in [0.4, 0.5) is 5.69 Å². The van der Waals surface area contributed by atoms with Crippen LogP contribution in [0.3, 0.4) is 0 Å². The van der Waals surface area contributed by atoms with E-state index in [1.54, 1.807) is 24.1 Å². The molecule has 0 bridgehead atoms. The number of benzene rings is 1. The summed E-state index contributed by atoms with van der Waals surface area (Å²) in [5.41, 5.74) is 2.67. The summed E-state index contributed by atoms with van der Waals surface area (Å²) in [6.07, 6.45) is 4.31. The molecule has 1 N–H and O–H groups in total. The molecule has 2 unspecified atom stereocenters. The average molecular weight is 326 g/mol. The molecule has 1 fully saturated rings. The van der Waals surface area contributed by atoms with Crippen molar-refractivity contribution in [1.29, 1.82) is 0 Å². The van der Waals surface area contributed by atoms with Crippen molar-refractivity contribution < 1.29 is 4.79 Å². The Labute approximate surface area is 143 Å². The van der Waals surface area contributed by atoms with Crippen LogP contribution in [0.5, 0.6) is 0 Å². The molecule has 3 rings (SSSR count). The molecule has 1 amide bonds. The molecule has 1 aromatic carbocycles. The van der Waals surface area contributed by atoms with Gasteiger partial charge >= 0.3 is 0 Å². The van der Waals surface area contributed by atoms with E-state index in [1.807, 2.05) is 12.1 Å². The Balaban J connectivity index is 1.57. The van der Waals surface area contributed by atoms with Crippen LogP contribution in [-0.2, 0) is 13.5 Å². The van der Waals surface area contributed by atoms with E-state index in [4.69, 9.17) is 0 Å². The molecular formula is C19H26N4O. The molecular weight excluding hydrogens is 300 g/mol. The van der Waals surface area contributed by atoms with Crippen molar-refractivity contribution in [3.8, 4) is 0 Å². The third-order valence-electron chi connectivity index (χ3n) is 4.93. The summed E-state index contributed by atoms with van der Waals surface area (Å²) in [5.74, 6) is 1.45. The van der Waals surface area contributed by atoms with Crippen molar-refractivity contribution >= 4 is 11.6 Å². The van der Waals surface area contributed by atoms with Crippen molar-refractivity contribution in [2.24, 2.45) is 18.9 Å². The monoisotopic (exact) mass is 326 g/mol. The second-order valence-electron chi connectivity index (χ2n) is 7.02. The quantitative estimate of drug-likeness (QED) is 0.919. The Kier molecular flexibility index (Phi) is 5.00. The van der Waals surface area contributed by atoms with Crippen molar-refractivity contribution in [2.75, 3.05) is 25.0 Å². The van der Waals surface area contributed by atoms with Crippen molar-refractivity contribution in [3.05, 3.63) is 47.8 Å². The molecule has 5 heteroatoms. The molecule has 0 aliphatic carbocycles. The highest BCUT2D eigenvalue weighted by molar-refractivity contribution is 6.03. The van der Waals surface area contributed by atoms with Gasteiger partial charge in [0.05, 0.1) is 11.8 Å². The second kappa shape index (κ2) is 7.18. The molecule has 0 spiro atoms. The summed E-state index contributed by atoms with van der Waals surface area (Å²) < 4.78 is 1.63. The lowest BCUT2D eigenvalue weighted by Gasteiger charge is -2.15. The van der Waals surface area contributed by atoms with Gasteiger partial charge in [0.25, 0.3) is 5.91 Å². The van der Waals surface area contributed by atoms with E-state index < -0.39 is 0 Å². The molecule has 2 heterocycles. The highest BCUT2D eigenvalue weighted by Crippen LogP contribution is 2.22. The maximum atomic E-state index is 12.2. The molecule has 2 aromatic rings. The van der Waals surface area contributed by atoms with E-state index in [0.29, 0.717) is 5.56 Å². The summed E-state index contributed by atoms with van der Waals surface area (Å²) in [7, 11) is 1.80. The SMILES string of the molecule is CC1CN(CCc2cccc(NC(=O)c3cnn(C)c3)c2)CC1C. The van der Waals surface area contributed by atoms with Gasteiger partial charge in [0, 0.05) is 38.6 Å². The van der Waals surface area contributed by atoms with Gasteiger partial charge in [-0.2, -0.15) is 5.10 Å². The van der Waals surface area contributed by atoms with Crippen LogP contribution in [0, 0.1) is 11.8 Å². The number of aromatic nitrogens is 2. The fourth-order valence-electron chi connectivity index (χ4n) is 3.27. The molecule has 1 saturated heterocycles. The summed E-state index contributed by atoms with van der Waals surface area (Å²) in [4.78, 5) is 14.7. The first-order chi connectivity index (χ1) is 11.5. The van der Waals surface area contributed by atoms with E-state index >= 15 is 0 Å². The lowest BCUT2D eigenvalue weighted by Crippen LogP contribution is -2.23. The zero-order chi connectivity index (χ0) is 17.1. The number of rotatable bonds is 5. The minimum Gasteiger partial charge on any atom is -0.322 e. The van der Waals surface area contributed by atoms with Crippen LogP contribution in [-0.4, -0.2) is 40.2 Å². The Morgan fingerprint density at radius 2 is 2.04 bits per heavy atom. The van der Waals surface area contributed by atoms with Gasteiger partial charge in [0.2, 0.25) is 0 Å². The first kappa shape index (κ1) is 16.7. The zero-order valence-corrected chi connectivity index (χ0v) is 14.7. The predicted octanol–water partition coefficient (Wildman–Crippen LogP) is 2.80. The molecule has 24 heavy (non-hydrogen) atoms. The molecule has 2 atom stereocenters. The number of amides is 1. The topological polar surface area (TPSA) is 50.2 Å². The second-order valence-corrected chi connectivity index (χ2v) is 7.02. The molecule has 128 valence electrons. The van der Waals surface area contributed by atoms with Gasteiger partial charge in [-0.15, -0.1) is 0 Å². The van der Waals surface area contributed by atoms with E-state index in [0.717, 1.165) is 30.5 Å². The van der Waals surface area contributed by atoms with Gasteiger partial charge in [-0.25, -0.2) is 0 Å². The first-order valence-electron chi connectivity index (χ1n) is 8.62. The maximum absolute atomic E-state index is 12.2. The van der Waals surface area contributed by atoms with Crippen LogP contribution in [0.1, 0.15) is 29.8 Å². The normalized spacial score (nSPS) is 21.1. The Hall–Kier alpha value is -2.14. The van der Waals surface area contributed by atoms with Gasteiger partial charge in [-0.1, -0.05) is 26.0 Å². The number of anilines is 1. The maximum Gasteiger partial charge on any atom is 0.258 e. The molecule has 0 saturated carbocycles. The van der Waals surface area contributed by atoms with Gasteiger partial charge < -0.3 is 10.2 Å². The minimum absolute atomic E-state index is 0.123. The summed E-state index contributed by atoms with van der Waals surface area (Å²) >= 11 is 0. The number of carbonyl (C=O) groups is 1. The molecule has 0 radical (unpaired) electrons. The Morgan fingerprint density at radius 1 is 1.29 bits per heavy atom. The Morgan fingerprint density at radius 3 is 2.71 bits per heavy atom. The number of carbonyl (C=O) groups excluding carboxylic acids is 1. The molecule has 1 aliphatic rings. The Bertz CT molecular complexity index is 699. The molecule has 5 nitrogen and oxygen atoms in total. The lowest BCUT2D eigenvalue weighted by atomic mass is 10.0. The summed E-state index contributed by atoms with van der Waals surface area (Å²) in [5, 5.41) is 6.98. The number of nitrogens with one attached hydrogen (secondary N) is 1. The highest BCUT2D eigenvalue weighted by Gasteiger charge is 2.25. The average Bonchev–Trinajstić information content (AvgIpc) is 3.12. The number of hydrogen-bond acceptors (Lipinski definition) is 3. The largest absolute Gasteiger partial charge is 0.322 e. The molecule has 1 aliphatic heterocycles. The fraction of sp³-hybridized carbons (Fsp3) is 0.474. The standard InChI is InChI=1S/C19H26N4O/c1-14-11-23(12-15(14)2)8-7-16-5-4-6-18(9-16)21-19(24)17-10-20-22(3)13-17/h4-6,9-10,13-15H,7-8,11-12H2,1-3H3,(H,21,24). The van der Waals surface area contributed by atoms with Gasteiger partial charge in [-0.05, 0) is 36.0 Å². The molecule has 1 aromatic heterocycles. The smallest absolute Gasteiger partial charge is 0.258 e. The van der Waals surface area contributed by atoms with E-state index in [-0.39, 0.29) is 5.91 Å². The van der Waals surface area contributed by atoms with Crippen LogP contribution in [0.15, 0.2) is 36.7 Å². The number of hydrogen-bond donors (Lipinski definition) is 1. The van der Waals surface area contributed by atoms with Crippen LogP contribution < -0.4 is 5.32 Å². The van der Waals surface area contributed by atoms with E-state index in [1.165, 1.54) is 18.7 Å². The van der Waals surface area contributed by atoms with Crippen LogP contribution >= 0.6 is 0 Å². The fourth-order valence-corrected chi connectivity index (χ4v) is 3.27.